The van der Waals surface area contributed by atoms with Crippen molar-refractivity contribution in [3.63, 3.8) is 0 Å². The van der Waals surface area contributed by atoms with Gasteiger partial charge in [0.25, 0.3) is 0 Å². The van der Waals surface area contributed by atoms with Crippen LogP contribution in [0.3, 0.4) is 0 Å². The van der Waals surface area contributed by atoms with Gasteiger partial charge in [0.05, 0.1) is 6.04 Å². The monoisotopic (exact) mass is 227 g/mol. The summed E-state index contributed by atoms with van der Waals surface area (Å²) in [5.74, 6) is 2.95. The second-order valence-corrected chi connectivity index (χ2v) is 4.97. The molecule has 1 aromatic carbocycles. The number of benzene rings is 1. The Labute approximate surface area is 105 Å². The Morgan fingerprint density at radius 2 is 1.82 bits per heavy atom. The number of hydrogen-bond acceptors (Lipinski definition) is 1. The Hall–Kier alpha value is -1.26. The van der Waals surface area contributed by atoms with Gasteiger partial charge in [-0.15, -0.1) is 6.42 Å². The van der Waals surface area contributed by atoms with Crippen LogP contribution in [0.1, 0.15) is 37.7 Å². The van der Waals surface area contributed by atoms with Gasteiger partial charge in [-0.3, -0.25) is 0 Å². The molecule has 2 rings (SSSR count). The van der Waals surface area contributed by atoms with E-state index < -0.39 is 0 Å². The van der Waals surface area contributed by atoms with E-state index in [1.165, 1.54) is 37.7 Å². The zero-order valence-corrected chi connectivity index (χ0v) is 10.6. The van der Waals surface area contributed by atoms with Crippen LogP contribution in [0, 0.1) is 12.3 Å². The number of nitrogens with one attached hydrogen (secondary N) is 1. The summed E-state index contributed by atoms with van der Waals surface area (Å²) in [6, 6.07) is 10.9. The summed E-state index contributed by atoms with van der Waals surface area (Å²) >= 11 is 0. The quantitative estimate of drug-likeness (QED) is 0.782. The van der Waals surface area contributed by atoms with Crippen molar-refractivity contribution in [2.75, 3.05) is 7.05 Å². The summed E-state index contributed by atoms with van der Waals surface area (Å²) in [4.78, 5) is 0. The highest BCUT2D eigenvalue weighted by atomic mass is 14.9. The predicted molar refractivity (Wildman–Crippen MR) is 72.9 cm³/mol. The van der Waals surface area contributed by atoms with E-state index in [0.29, 0.717) is 0 Å². The minimum absolute atomic E-state index is 0.142. The summed E-state index contributed by atoms with van der Waals surface area (Å²) < 4.78 is 0. The lowest BCUT2D eigenvalue weighted by molar-refractivity contribution is 0.253. The van der Waals surface area contributed by atoms with Crippen molar-refractivity contribution >= 4 is 0 Å². The molecule has 1 nitrogen and oxygen atoms in total. The van der Waals surface area contributed by atoms with E-state index in [-0.39, 0.29) is 11.5 Å². The summed E-state index contributed by atoms with van der Waals surface area (Å²) in [5.41, 5.74) is 1.54. The molecule has 90 valence electrons. The second-order valence-electron chi connectivity index (χ2n) is 4.97. The molecule has 1 aliphatic carbocycles. The summed E-state index contributed by atoms with van der Waals surface area (Å²) in [6.45, 7) is 0. The van der Waals surface area contributed by atoms with Gasteiger partial charge in [0, 0.05) is 5.41 Å². The minimum atomic E-state index is 0.142. The van der Waals surface area contributed by atoms with Gasteiger partial charge in [-0.2, -0.15) is 0 Å². The minimum Gasteiger partial charge on any atom is -0.306 e. The molecule has 0 spiro atoms. The lowest BCUT2D eigenvalue weighted by atomic mass is 9.65. The molecule has 1 aromatic rings. The third kappa shape index (κ3) is 2.23. The van der Waals surface area contributed by atoms with E-state index in [0.717, 1.165) is 0 Å². The topological polar surface area (TPSA) is 12.0 Å². The van der Waals surface area contributed by atoms with Crippen LogP contribution < -0.4 is 5.32 Å². The first-order valence-electron chi connectivity index (χ1n) is 6.52. The molecule has 1 heteroatoms. The van der Waals surface area contributed by atoms with Crippen LogP contribution in [0.25, 0.3) is 0 Å². The molecule has 0 bridgehead atoms. The predicted octanol–water partition coefficient (Wildman–Crippen LogP) is 3.11. The summed E-state index contributed by atoms with van der Waals surface area (Å²) in [7, 11) is 1.98. The average molecular weight is 227 g/mol. The number of likely N-dealkylation sites (N-methyl/N-ethyl adjacent to an activating group) is 1. The summed E-state index contributed by atoms with van der Waals surface area (Å²) in [6.07, 6.45) is 12.0. The molecule has 0 aromatic heterocycles. The van der Waals surface area contributed by atoms with E-state index in [4.69, 9.17) is 6.42 Å². The second kappa shape index (κ2) is 5.38. The largest absolute Gasteiger partial charge is 0.306 e. The Kier molecular flexibility index (Phi) is 3.86. The lowest BCUT2D eigenvalue weighted by Gasteiger charge is -2.42. The van der Waals surface area contributed by atoms with E-state index in [9.17, 15) is 0 Å². The van der Waals surface area contributed by atoms with Crippen molar-refractivity contribution in [3.8, 4) is 12.3 Å². The molecule has 17 heavy (non-hydrogen) atoms. The van der Waals surface area contributed by atoms with Gasteiger partial charge in [0.2, 0.25) is 0 Å². The molecule has 0 amide bonds. The van der Waals surface area contributed by atoms with Gasteiger partial charge in [0.1, 0.15) is 0 Å². The van der Waals surface area contributed by atoms with Crippen molar-refractivity contribution in [1.29, 1.82) is 0 Å². The van der Waals surface area contributed by atoms with Crippen molar-refractivity contribution in [2.24, 2.45) is 0 Å². The Morgan fingerprint density at radius 1 is 1.18 bits per heavy atom. The maximum atomic E-state index is 5.72. The van der Waals surface area contributed by atoms with Crippen LogP contribution in [0.15, 0.2) is 30.3 Å². The zero-order valence-electron chi connectivity index (χ0n) is 10.6. The molecular weight excluding hydrogens is 206 g/mol. The number of hydrogen-bond donors (Lipinski definition) is 1. The first-order valence-corrected chi connectivity index (χ1v) is 6.52. The molecular formula is C16H21N. The summed E-state index contributed by atoms with van der Waals surface area (Å²) in [5, 5.41) is 3.32. The Bertz CT molecular complexity index is 382. The van der Waals surface area contributed by atoms with Crippen LogP contribution in [-0.2, 0) is 5.41 Å². The van der Waals surface area contributed by atoms with Crippen molar-refractivity contribution in [3.05, 3.63) is 35.9 Å². The molecule has 1 fully saturated rings. The van der Waals surface area contributed by atoms with Crippen LogP contribution in [0.5, 0.6) is 0 Å². The Morgan fingerprint density at radius 3 is 2.35 bits per heavy atom. The number of terminal acetylenes is 1. The first-order chi connectivity index (χ1) is 8.33. The zero-order chi connectivity index (χ0) is 12.1. The smallest absolute Gasteiger partial charge is 0.0782 e. The van der Waals surface area contributed by atoms with Crippen molar-refractivity contribution in [2.45, 2.75) is 43.6 Å². The molecule has 1 unspecified atom stereocenters. The molecule has 0 heterocycles. The molecule has 1 atom stereocenters. The third-order valence-corrected chi connectivity index (χ3v) is 4.10. The SMILES string of the molecule is C#CC(NC)C1(c2ccccc2)CCCCC1. The molecule has 0 aliphatic heterocycles. The molecule has 0 saturated heterocycles. The normalized spacial score (nSPS) is 20.5. The highest BCUT2D eigenvalue weighted by Gasteiger charge is 2.39. The maximum Gasteiger partial charge on any atom is 0.0782 e. The Balaban J connectivity index is 2.40. The molecule has 1 aliphatic rings. The standard InChI is InChI=1S/C16H21N/c1-3-15(17-2)16(12-8-5-9-13-16)14-10-6-4-7-11-14/h1,4,6-7,10-11,15,17H,5,8-9,12-13H2,2H3. The highest BCUT2D eigenvalue weighted by Crippen LogP contribution is 2.41. The maximum absolute atomic E-state index is 5.72. The molecule has 0 radical (unpaired) electrons. The van der Waals surface area contributed by atoms with E-state index >= 15 is 0 Å². The van der Waals surface area contributed by atoms with Crippen LogP contribution >= 0.6 is 0 Å². The van der Waals surface area contributed by atoms with E-state index in [1.807, 2.05) is 7.05 Å². The van der Waals surface area contributed by atoms with Crippen molar-refractivity contribution in [1.82, 2.24) is 5.32 Å². The van der Waals surface area contributed by atoms with E-state index in [1.54, 1.807) is 0 Å². The fourth-order valence-corrected chi connectivity index (χ4v) is 3.22. The highest BCUT2D eigenvalue weighted by molar-refractivity contribution is 5.32. The third-order valence-electron chi connectivity index (χ3n) is 4.10. The first kappa shape index (κ1) is 12.2. The van der Waals surface area contributed by atoms with Gasteiger partial charge in [0.15, 0.2) is 0 Å². The van der Waals surface area contributed by atoms with Gasteiger partial charge >= 0.3 is 0 Å². The fourth-order valence-electron chi connectivity index (χ4n) is 3.22. The van der Waals surface area contributed by atoms with Gasteiger partial charge in [-0.25, -0.2) is 0 Å². The van der Waals surface area contributed by atoms with E-state index in [2.05, 4.69) is 41.6 Å². The van der Waals surface area contributed by atoms with Gasteiger partial charge in [-0.05, 0) is 25.5 Å². The van der Waals surface area contributed by atoms with Crippen LogP contribution in [0.4, 0.5) is 0 Å². The fraction of sp³-hybridized carbons (Fsp3) is 0.500. The van der Waals surface area contributed by atoms with Gasteiger partial charge < -0.3 is 5.32 Å². The lowest BCUT2D eigenvalue weighted by Crippen LogP contribution is -2.47. The van der Waals surface area contributed by atoms with Crippen LogP contribution in [0.2, 0.25) is 0 Å². The van der Waals surface area contributed by atoms with Crippen LogP contribution in [-0.4, -0.2) is 13.1 Å². The van der Waals surface area contributed by atoms with Gasteiger partial charge in [-0.1, -0.05) is 55.5 Å². The van der Waals surface area contributed by atoms with Crippen molar-refractivity contribution < 1.29 is 0 Å². The average Bonchev–Trinajstić information content (AvgIpc) is 2.42. The molecule has 1 N–H and O–H groups in total. The molecule has 1 saturated carbocycles. The number of rotatable bonds is 3.